The van der Waals surface area contributed by atoms with E-state index in [0.717, 1.165) is 11.3 Å². The molecule has 0 amide bonds. The summed E-state index contributed by atoms with van der Waals surface area (Å²) in [5.74, 6) is 0. The molecule has 0 atom stereocenters. The molecule has 4 nitrogen and oxygen atoms in total. The lowest BCUT2D eigenvalue weighted by Gasteiger charge is -2.07. The zero-order chi connectivity index (χ0) is 13.7. The molecule has 19 heavy (non-hydrogen) atoms. The molecule has 5 heteroatoms. The zero-order valence-electron chi connectivity index (χ0n) is 10.6. The molecule has 0 fully saturated rings. The van der Waals surface area contributed by atoms with Crippen LogP contribution in [-0.4, -0.2) is 15.5 Å². The van der Waals surface area contributed by atoms with E-state index in [-0.39, 0.29) is 11.4 Å². The van der Waals surface area contributed by atoms with Crippen LogP contribution in [0.2, 0.25) is 0 Å². The van der Waals surface area contributed by atoms with E-state index in [0.29, 0.717) is 0 Å². The minimum Gasteiger partial charge on any atom is -0.388 e. The SMILES string of the molecule is CNc1ccc(S(=O)(=O)NCc2ccccc2)cc1. The summed E-state index contributed by atoms with van der Waals surface area (Å²) >= 11 is 0. The lowest BCUT2D eigenvalue weighted by Crippen LogP contribution is -2.23. The third kappa shape index (κ3) is 3.56. The zero-order valence-corrected chi connectivity index (χ0v) is 11.4. The van der Waals surface area contributed by atoms with Gasteiger partial charge in [-0.3, -0.25) is 0 Å². The Hall–Kier alpha value is -1.85. The van der Waals surface area contributed by atoms with Crippen molar-refractivity contribution in [2.75, 3.05) is 12.4 Å². The summed E-state index contributed by atoms with van der Waals surface area (Å²) in [6.07, 6.45) is 0. The molecule has 0 heterocycles. The number of hydrogen-bond acceptors (Lipinski definition) is 3. The van der Waals surface area contributed by atoms with Crippen molar-refractivity contribution < 1.29 is 8.42 Å². The van der Waals surface area contributed by atoms with Crippen LogP contribution in [0.1, 0.15) is 5.56 Å². The van der Waals surface area contributed by atoms with Crippen molar-refractivity contribution >= 4 is 15.7 Å². The fraction of sp³-hybridized carbons (Fsp3) is 0.143. The van der Waals surface area contributed by atoms with Gasteiger partial charge in [-0.05, 0) is 29.8 Å². The Morgan fingerprint density at radius 2 is 1.58 bits per heavy atom. The molecule has 2 aromatic rings. The van der Waals surface area contributed by atoms with Crippen LogP contribution in [0, 0.1) is 0 Å². The minimum atomic E-state index is -3.46. The molecule has 2 N–H and O–H groups in total. The van der Waals surface area contributed by atoms with Gasteiger partial charge in [-0.15, -0.1) is 0 Å². The van der Waals surface area contributed by atoms with Crippen molar-refractivity contribution in [3.05, 3.63) is 60.2 Å². The van der Waals surface area contributed by atoms with Gasteiger partial charge in [0.2, 0.25) is 10.0 Å². The van der Waals surface area contributed by atoms with Gasteiger partial charge in [-0.25, -0.2) is 13.1 Å². The molecule has 0 spiro atoms. The molecule has 100 valence electrons. The number of benzene rings is 2. The van der Waals surface area contributed by atoms with Crippen molar-refractivity contribution in [3.8, 4) is 0 Å². The normalized spacial score (nSPS) is 11.2. The van der Waals surface area contributed by atoms with E-state index in [1.165, 1.54) is 0 Å². The van der Waals surface area contributed by atoms with Gasteiger partial charge < -0.3 is 5.32 Å². The van der Waals surface area contributed by atoms with E-state index < -0.39 is 10.0 Å². The van der Waals surface area contributed by atoms with Crippen molar-refractivity contribution in [3.63, 3.8) is 0 Å². The fourth-order valence-corrected chi connectivity index (χ4v) is 2.68. The number of hydrogen-bond donors (Lipinski definition) is 2. The van der Waals surface area contributed by atoms with Crippen LogP contribution in [0.15, 0.2) is 59.5 Å². The highest BCUT2D eigenvalue weighted by atomic mass is 32.2. The van der Waals surface area contributed by atoms with Crippen LogP contribution in [-0.2, 0) is 16.6 Å². The molecule has 0 aliphatic rings. The summed E-state index contributed by atoms with van der Waals surface area (Å²) in [5, 5.41) is 2.95. The van der Waals surface area contributed by atoms with Crippen LogP contribution in [0.3, 0.4) is 0 Å². The second-order valence-electron chi connectivity index (χ2n) is 4.08. The van der Waals surface area contributed by atoms with E-state index >= 15 is 0 Å². The average Bonchev–Trinajstić information content (AvgIpc) is 2.46. The molecule has 0 aromatic heterocycles. The highest BCUT2D eigenvalue weighted by molar-refractivity contribution is 7.89. The van der Waals surface area contributed by atoms with Gasteiger partial charge in [0.15, 0.2) is 0 Å². The Morgan fingerprint density at radius 3 is 2.16 bits per heavy atom. The maximum absolute atomic E-state index is 12.1. The Labute approximate surface area is 113 Å². The average molecular weight is 276 g/mol. The summed E-state index contributed by atoms with van der Waals surface area (Å²) in [6.45, 7) is 0.289. The Bertz CT molecular complexity index is 622. The van der Waals surface area contributed by atoms with Crippen molar-refractivity contribution in [2.24, 2.45) is 0 Å². The van der Waals surface area contributed by atoms with Crippen molar-refractivity contribution in [1.82, 2.24) is 4.72 Å². The second-order valence-corrected chi connectivity index (χ2v) is 5.85. The van der Waals surface area contributed by atoms with E-state index in [2.05, 4.69) is 10.0 Å². The third-order valence-electron chi connectivity index (χ3n) is 2.76. The van der Waals surface area contributed by atoms with Gasteiger partial charge in [-0.2, -0.15) is 0 Å². The smallest absolute Gasteiger partial charge is 0.240 e. The lowest BCUT2D eigenvalue weighted by atomic mass is 10.2. The topological polar surface area (TPSA) is 58.2 Å². The first-order chi connectivity index (χ1) is 9.12. The quantitative estimate of drug-likeness (QED) is 0.880. The van der Waals surface area contributed by atoms with Crippen LogP contribution < -0.4 is 10.0 Å². The van der Waals surface area contributed by atoms with Crippen molar-refractivity contribution in [2.45, 2.75) is 11.4 Å². The van der Waals surface area contributed by atoms with Crippen LogP contribution in [0.4, 0.5) is 5.69 Å². The Kier molecular flexibility index (Phi) is 4.19. The molecule has 2 aromatic carbocycles. The molecule has 0 saturated carbocycles. The summed E-state index contributed by atoms with van der Waals surface area (Å²) < 4.78 is 26.7. The van der Waals surface area contributed by atoms with E-state index in [9.17, 15) is 8.42 Å². The first-order valence-corrected chi connectivity index (χ1v) is 7.41. The van der Waals surface area contributed by atoms with E-state index in [1.54, 1.807) is 31.3 Å². The second kappa shape index (κ2) is 5.86. The first-order valence-electron chi connectivity index (χ1n) is 5.93. The molecule has 0 unspecified atom stereocenters. The third-order valence-corrected chi connectivity index (χ3v) is 4.18. The monoisotopic (exact) mass is 276 g/mol. The van der Waals surface area contributed by atoms with Crippen LogP contribution in [0.5, 0.6) is 0 Å². The lowest BCUT2D eigenvalue weighted by molar-refractivity contribution is 0.581. The molecule has 0 aliphatic heterocycles. The van der Waals surface area contributed by atoms with Gasteiger partial charge in [0.25, 0.3) is 0 Å². The summed E-state index contributed by atoms with van der Waals surface area (Å²) in [4.78, 5) is 0.266. The highest BCUT2D eigenvalue weighted by Gasteiger charge is 2.13. The number of anilines is 1. The number of sulfonamides is 1. The van der Waals surface area contributed by atoms with Gasteiger partial charge in [0, 0.05) is 19.3 Å². The van der Waals surface area contributed by atoms with Gasteiger partial charge >= 0.3 is 0 Å². The van der Waals surface area contributed by atoms with Gasteiger partial charge in [0.05, 0.1) is 4.90 Å². The molecule has 0 aliphatic carbocycles. The molecular weight excluding hydrogens is 260 g/mol. The predicted molar refractivity (Wildman–Crippen MR) is 76.5 cm³/mol. The Morgan fingerprint density at radius 1 is 0.947 bits per heavy atom. The first kappa shape index (κ1) is 13.6. The summed E-state index contributed by atoms with van der Waals surface area (Å²) in [7, 11) is -1.67. The number of rotatable bonds is 5. The minimum absolute atomic E-state index is 0.266. The molecule has 0 saturated heterocycles. The molecular formula is C14H16N2O2S. The Balaban J connectivity index is 2.09. The van der Waals surface area contributed by atoms with Gasteiger partial charge in [0.1, 0.15) is 0 Å². The number of nitrogens with one attached hydrogen (secondary N) is 2. The fourth-order valence-electron chi connectivity index (χ4n) is 1.66. The van der Waals surface area contributed by atoms with Crippen molar-refractivity contribution in [1.29, 1.82) is 0 Å². The largest absolute Gasteiger partial charge is 0.388 e. The summed E-state index contributed by atoms with van der Waals surface area (Å²) in [6, 6.07) is 16.1. The van der Waals surface area contributed by atoms with Crippen LogP contribution in [0.25, 0.3) is 0 Å². The molecule has 2 rings (SSSR count). The molecule has 0 bridgehead atoms. The van der Waals surface area contributed by atoms with E-state index in [4.69, 9.17) is 0 Å². The summed E-state index contributed by atoms with van der Waals surface area (Å²) in [5.41, 5.74) is 1.81. The van der Waals surface area contributed by atoms with Crippen LogP contribution >= 0.6 is 0 Å². The maximum atomic E-state index is 12.1. The highest BCUT2D eigenvalue weighted by Crippen LogP contribution is 2.13. The maximum Gasteiger partial charge on any atom is 0.240 e. The molecule has 0 radical (unpaired) electrons. The van der Waals surface area contributed by atoms with E-state index in [1.807, 2.05) is 30.3 Å². The van der Waals surface area contributed by atoms with Gasteiger partial charge in [-0.1, -0.05) is 30.3 Å². The standard InChI is InChI=1S/C14H16N2O2S/c1-15-13-7-9-14(10-8-13)19(17,18)16-11-12-5-3-2-4-6-12/h2-10,15-16H,11H2,1H3. The predicted octanol–water partition coefficient (Wildman–Crippen LogP) is 2.21.